The summed E-state index contributed by atoms with van der Waals surface area (Å²) >= 11 is 0. The predicted molar refractivity (Wildman–Crippen MR) is 125 cm³/mol. The van der Waals surface area contributed by atoms with Gasteiger partial charge in [0.2, 0.25) is 11.7 Å². The summed E-state index contributed by atoms with van der Waals surface area (Å²) in [5.41, 5.74) is 1.52. The number of benzene rings is 2. The molecule has 174 valence electrons. The van der Waals surface area contributed by atoms with Crippen molar-refractivity contribution in [2.24, 2.45) is 5.10 Å². The summed E-state index contributed by atoms with van der Waals surface area (Å²) < 4.78 is 29.2. The molecule has 1 N–H and O–H groups in total. The molecule has 2 heterocycles. The highest BCUT2D eigenvalue weighted by Crippen LogP contribution is 2.30. The Balaban J connectivity index is 1.86. The molecule has 35 heavy (non-hydrogen) atoms. The van der Waals surface area contributed by atoms with Crippen molar-refractivity contribution in [3.63, 3.8) is 0 Å². The summed E-state index contributed by atoms with van der Waals surface area (Å²) in [6.07, 6.45) is 0. The van der Waals surface area contributed by atoms with Crippen LogP contribution in [0.2, 0.25) is 0 Å². The van der Waals surface area contributed by atoms with Gasteiger partial charge in [0.1, 0.15) is 12.1 Å². The monoisotopic (exact) mass is 488 g/mol. The zero-order valence-corrected chi connectivity index (χ0v) is 19.0. The van der Waals surface area contributed by atoms with Gasteiger partial charge in [-0.25, -0.2) is 5.43 Å². The molecule has 0 saturated carbocycles. The van der Waals surface area contributed by atoms with Gasteiger partial charge in [0.05, 0.1) is 11.4 Å². The van der Waals surface area contributed by atoms with Gasteiger partial charge in [0.15, 0.2) is 11.4 Å². The largest absolute Gasteiger partial charge is 0.340 e. The van der Waals surface area contributed by atoms with E-state index in [2.05, 4.69) is 15.5 Å². The highest BCUT2D eigenvalue weighted by Gasteiger charge is 2.49. The lowest BCUT2D eigenvalue weighted by Crippen LogP contribution is -2.61. The molecule has 0 aliphatic carbocycles. The molecule has 1 saturated heterocycles. The number of rotatable bonds is 5. The summed E-state index contributed by atoms with van der Waals surface area (Å²) in [5.74, 6) is -2.44. The van der Waals surface area contributed by atoms with E-state index in [9.17, 15) is 28.5 Å². The lowest BCUT2D eigenvalue weighted by Gasteiger charge is -2.34. The number of hydrogen-bond acceptors (Lipinski definition) is 9. The molecule has 1 aromatic heterocycles. The minimum atomic E-state index is -4.66. The first-order valence-electron chi connectivity index (χ1n) is 10.1. The van der Waals surface area contributed by atoms with E-state index in [0.717, 1.165) is 0 Å². The molecule has 0 radical (unpaired) electrons. The zero-order valence-electron chi connectivity index (χ0n) is 18.2. The number of carbonyl (C=O) groups excluding carboxylic acids is 2. The minimum absolute atomic E-state index is 0.00669. The van der Waals surface area contributed by atoms with Gasteiger partial charge in [-0.3, -0.25) is 14.2 Å². The van der Waals surface area contributed by atoms with Gasteiger partial charge in [-0.05, 0) is 31.2 Å². The van der Waals surface area contributed by atoms with Gasteiger partial charge >= 0.3 is 10.2 Å². The van der Waals surface area contributed by atoms with Gasteiger partial charge in [-0.2, -0.15) is 37.6 Å². The second-order valence-electron chi connectivity index (χ2n) is 6.99. The van der Waals surface area contributed by atoms with Gasteiger partial charge in [-0.1, -0.05) is 36.4 Å². The number of aromatic nitrogens is 2. The Morgan fingerprint density at radius 3 is 1.86 bits per heavy atom. The van der Waals surface area contributed by atoms with Crippen LogP contribution in [0, 0.1) is 22.7 Å². The van der Waals surface area contributed by atoms with Crippen molar-refractivity contribution in [1.29, 1.82) is 10.5 Å². The molecular formula is C22H16N8O4S. The summed E-state index contributed by atoms with van der Waals surface area (Å²) in [4.78, 5) is 30.6. The van der Waals surface area contributed by atoms with Gasteiger partial charge in [0.25, 0.3) is 11.8 Å². The lowest BCUT2D eigenvalue weighted by atomic mass is 10.2. The highest BCUT2D eigenvalue weighted by atomic mass is 32.2. The van der Waals surface area contributed by atoms with Crippen molar-refractivity contribution in [3.05, 3.63) is 72.1 Å². The standard InChI is InChI=1S/C22H16N8O4S/c1-2-28-18(14-24)17(13-23)25-22(28)27-26-19-20(31)29(15-9-5-3-6-10-15)35(33,34)30(21(19)32)16-11-7-4-8-12-16/h3-12H,2H2,1H3,(H,25,27). The third-order valence-corrected chi connectivity index (χ3v) is 6.66. The number of hydrogen-bond donors (Lipinski definition) is 1. The Labute approximate surface area is 200 Å². The van der Waals surface area contributed by atoms with E-state index in [0.29, 0.717) is 8.61 Å². The Kier molecular flexibility index (Phi) is 6.01. The van der Waals surface area contributed by atoms with Crippen LogP contribution in [-0.4, -0.2) is 35.5 Å². The lowest BCUT2D eigenvalue weighted by molar-refractivity contribution is -0.116. The maximum absolute atomic E-state index is 13.4. The van der Waals surface area contributed by atoms with E-state index in [1.54, 1.807) is 49.4 Å². The maximum atomic E-state index is 13.4. The zero-order chi connectivity index (χ0) is 25.2. The molecule has 2 aromatic carbocycles. The summed E-state index contributed by atoms with van der Waals surface area (Å²) in [7, 11) is -4.66. The number of carbonyl (C=O) groups is 2. The van der Waals surface area contributed by atoms with E-state index in [1.807, 2.05) is 6.07 Å². The molecule has 3 aromatic rings. The van der Waals surface area contributed by atoms with Gasteiger partial charge in [-0.15, -0.1) is 0 Å². The third-order valence-electron chi connectivity index (χ3n) is 4.98. The van der Waals surface area contributed by atoms with Gasteiger partial charge in [0, 0.05) is 6.54 Å². The Morgan fingerprint density at radius 1 is 0.914 bits per heavy atom. The highest BCUT2D eigenvalue weighted by molar-refractivity contribution is 7.96. The second-order valence-corrected chi connectivity index (χ2v) is 8.62. The fraction of sp³-hybridized carbons (Fsp3) is 0.0909. The van der Waals surface area contributed by atoms with Crippen molar-refractivity contribution in [3.8, 4) is 12.1 Å². The second kappa shape index (κ2) is 9.09. The normalized spacial score (nSPS) is 14.9. The smallest absolute Gasteiger partial charge is 0.300 e. The fourth-order valence-electron chi connectivity index (χ4n) is 3.44. The number of hydrazone groups is 1. The number of anilines is 3. The van der Waals surface area contributed by atoms with Crippen LogP contribution in [0.5, 0.6) is 0 Å². The Hall–Kier alpha value is -5.01. The molecule has 2 amide bonds. The number of imidazole rings is 1. The molecule has 1 fully saturated rings. The minimum Gasteiger partial charge on any atom is -0.300 e. The van der Waals surface area contributed by atoms with Crippen molar-refractivity contribution in [2.75, 3.05) is 14.0 Å². The maximum Gasteiger partial charge on any atom is 0.340 e. The van der Waals surface area contributed by atoms with E-state index in [-0.39, 0.29) is 35.3 Å². The van der Waals surface area contributed by atoms with E-state index >= 15 is 0 Å². The van der Waals surface area contributed by atoms with Crippen LogP contribution in [0.1, 0.15) is 18.3 Å². The average Bonchev–Trinajstić information content (AvgIpc) is 3.21. The Morgan fingerprint density at radius 2 is 1.43 bits per heavy atom. The van der Waals surface area contributed by atoms with Crippen LogP contribution in [-0.2, 0) is 26.3 Å². The third kappa shape index (κ3) is 3.86. The van der Waals surface area contributed by atoms with Crippen molar-refractivity contribution in [1.82, 2.24) is 9.55 Å². The van der Waals surface area contributed by atoms with Crippen molar-refractivity contribution < 1.29 is 18.0 Å². The van der Waals surface area contributed by atoms with Crippen LogP contribution in [0.15, 0.2) is 65.8 Å². The number of nitrogens with zero attached hydrogens (tertiary/aromatic N) is 7. The van der Waals surface area contributed by atoms with Crippen LogP contribution in [0.3, 0.4) is 0 Å². The number of para-hydroxylation sites is 2. The average molecular weight is 488 g/mol. The molecule has 1 aliphatic heterocycles. The molecule has 0 bridgehead atoms. The number of nitriles is 2. The molecule has 0 unspecified atom stereocenters. The quantitative estimate of drug-likeness (QED) is 0.530. The summed E-state index contributed by atoms with van der Waals surface area (Å²) in [6, 6.07) is 18.7. The topological polar surface area (TPSA) is 165 Å². The van der Waals surface area contributed by atoms with Crippen LogP contribution >= 0.6 is 0 Å². The molecule has 1 aliphatic rings. The Bertz CT molecular complexity index is 1470. The molecule has 4 rings (SSSR count). The molecule has 13 heteroatoms. The molecule has 0 spiro atoms. The fourth-order valence-corrected chi connectivity index (χ4v) is 4.97. The van der Waals surface area contributed by atoms with E-state index in [4.69, 9.17) is 0 Å². The first-order valence-corrected chi connectivity index (χ1v) is 11.5. The summed E-state index contributed by atoms with van der Waals surface area (Å²) in [5, 5.41) is 22.5. The van der Waals surface area contributed by atoms with Crippen LogP contribution in [0.4, 0.5) is 17.3 Å². The molecule has 12 nitrogen and oxygen atoms in total. The number of amides is 2. The van der Waals surface area contributed by atoms with Gasteiger partial charge < -0.3 is 0 Å². The summed E-state index contributed by atoms with van der Waals surface area (Å²) in [6.45, 7) is 1.92. The SMILES string of the molecule is CCn1c(NN=C2C(=O)N(c3ccccc3)S(=O)(=O)N(c3ccccc3)C2=O)nc(C#N)c1C#N. The van der Waals surface area contributed by atoms with E-state index in [1.165, 1.54) is 28.8 Å². The van der Waals surface area contributed by atoms with E-state index < -0.39 is 27.7 Å². The first kappa shape index (κ1) is 23.2. The predicted octanol–water partition coefficient (Wildman–Crippen LogP) is 1.74. The molecular weight excluding hydrogens is 472 g/mol. The van der Waals surface area contributed by atoms with Crippen LogP contribution < -0.4 is 14.0 Å². The number of nitrogens with one attached hydrogen (secondary N) is 1. The van der Waals surface area contributed by atoms with Crippen LogP contribution in [0.25, 0.3) is 0 Å². The molecule has 0 atom stereocenters. The van der Waals surface area contributed by atoms with Crippen molar-refractivity contribution >= 4 is 45.1 Å². The van der Waals surface area contributed by atoms with Crippen molar-refractivity contribution in [2.45, 2.75) is 13.5 Å². The first-order chi connectivity index (χ1) is 16.8.